The summed E-state index contributed by atoms with van der Waals surface area (Å²) in [6, 6.07) is 18.2. The largest absolute Gasteiger partial charge is 1.00 e. The summed E-state index contributed by atoms with van der Waals surface area (Å²) < 4.78 is 45.0. The quantitative estimate of drug-likeness (QED) is 0.428. The van der Waals surface area contributed by atoms with Gasteiger partial charge < -0.3 is 22.3 Å². The summed E-state index contributed by atoms with van der Waals surface area (Å²) in [4.78, 5) is 3.44. The lowest BCUT2D eigenvalue weighted by atomic mass is 10.0. The van der Waals surface area contributed by atoms with Crippen LogP contribution in [0, 0.1) is 0 Å². The van der Waals surface area contributed by atoms with Crippen molar-refractivity contribution in [1.82, 2.24) is 0 Å². The van der Waals surface area contributed by atoms with Crippen LogP contribution in [0.3, 0.4) is 0 Å². The van der Waals surface area contributed by atoms with Gasteiger partial charge in [0.05, 0.1) is 11.1 Å². The smallest absolute Gasteiger partial charge is 0.418 e. The van der Waals surface area contributed by atoms with Crippen molar-refractivity contribution in [3.8, 4) is 27.3 Å². The fourth-order valence-electron chi connectivity index (χ4n) is 3.29. The number of hydrogen-bond acceptors (Lipinski definition) is 3. The number of halogens is 5. The van der Waals surface area contributed by atoms with Crippen LogP contribution in [0.4, 0.5) is 13.2 Å². The zero-order chi connectivity index (χ0) is 22.7. The minimum absolute atomic E-state index is 0. The third-order valence-electron chi connectivity index (χ3n) is 4.83. The molecule has 0 spiro atoms. The van der Waals surface area contributed by atoms with E-state index in [1.807, 2.05) is 41.8 Å². The Kier molecular flexibility index (Phi) is 8.02. The molecule has 0 aliphatic rings. The molecule has 4 aromatic rings. The molecule has 1 unspecified atom stereocenters. The molecule has 3 nitrogen and oxygen atoms in total. The first-order valence-corrected chi connectivity index (χ1v) is 10.9. The SMILES string of the molecule is OC(c1c[nH+]cc(-c2sccc2-c2cc(Cl)ccc2OCc2ccccc2)c1)C(F)(F)F.[Cl-]. The number of ether oxygens (including phenoxy) is 1. The van der Waals surface area contributed by atoms with E-state index in [1.54, 1.807) is 24.4 Å². The first-order chi connectivity index (χ1) is 15.3. The highest BCUT2D eigenvalue weighted by Crippen LogP contribution is 2.42. The molecular weight excluding hydrogens is 494 g/mol. The molecule has 0 fully saturated rings. The summed E-state index contributed by atoms with van der Waals surface area (Å²) in [6.45, 7) is 0.357. The number of hydrogen-bond donors (Lipinski definition) is 1. The zero-order valence-corrected chi connectivity index (χ0v) is 19.3. The van der Waals surface area contributed by atoms with Crippen LogP contribution in [-0.2, 0) is 6.61 Å². The van der Waals surface area contributed by atoms with Gasteiger partial charge in [0.15, 0.2) is 18.5 Å². The summed E-state index contributed by atoms with van der Waals surface area (Å²) in [5.41, 5.74) is 2.76. The van der Waals surface area contributed by atoms with E-state index in [2.05, 4.69) is 4.98 Å². The number of aliphatic hydroxyl groups is 1. The summed E-state index contributed by atoms with van der Waals surface area (Å²) >= 11 is 7.62. The lowest BCUT2D eigenvalue weighted by Gasteiger charge is -2.14. The molecule has 172 valence electrons. The van der Waals surface area contributed by atoms with Gasteiger partial charge in [0.1, 0.15) is 12.4 Å². The second kappa shape index (κ2) is 10.6. The molecule has 0 saturated carbocycles. The molecule has 2 aromatic heterocycles. The third kappa shape index (κ3) is 5.86. The van der Waals surface area contributed by atoms with E-state index in [1.165, 1.54) is 17.4 Å². The highest BCUT2D eigenvalue weighted by Gasteiger charge is 2.40. The Labute approximate surface area is 203 Å². The molecule has 0 aliphatic heterocycles. The van der Waals surface area contributed by atoms with Crippen LogP contribution in [-0.4, -0.2) is 11.3 Å². The topological polar surface area (TPSA) is 43.6 Å². The Morgan fingerprint density at radius 2 is 1.76 bits per heavy atom. The number of rotatable bonds is 6. The maximum Gasteiger partial charge on any atom is 0.418 e. The van der Waals surface area contributed by atoms with Crippen molar-refractivity contribution in [2.24, 2.45) is 0 Å². The summed E-state index contributed by atoms with van der Waals surface area (Å²) in [5.74, 6) is 0.605. The van der Waals surface area contributed by atoms with Crippen molar-refractivity contribution in [2.75, 3.05) is 0 Å². The van der Waals surface area contributed by atoms with Gasteiger partial charge in [-0.25, -0.2) is 4.98 Å². The standard InChI is InChI=1S/C24H17ClF3NO2S.ClH/c25-18-6-7-21(31-14-15-4-2-1-3-5-15)20(11-18)19-8-9-32-22(19)16-10-17(13-29-12-16)23(30)24(26,27)28;/h1-13,23,30H,14H2;1H. The predicted molar refractivity (Wildman–Crippen MR) is 119 cm³/mol. The summed E-state index contributed by atoms with van der Waals surface area (Å²) in [5, 5.41) is 12.0. The fourth-order valence-corrected chi connectivity index (χ4v) is 4.36. The molecule has 33 heavy (non-hydrogen) atoms. The maximum absolute atomic E-state index is 13.0. The van der Waals surface area contributed by atoms with Crippen molar-refractivity contribution in [1.29, 1.82) is 0 Å². The molecule has 2 aromatic carbocycles. The van der Waals surface area contributed by atoms with Crippen molar-refractivity contribution in [3.63, 3.8) is 0 Å². The highest BCUT2D eigenvalue weighted by molar-refractivity contribution is 7.14. The molecule has 0 radical (unpaired) electrons. The summed E-state index contributed by atoms with van der Waals surface area (Å²) in [6.07, 6.45) is -4.59. The number of aliphatic hydroxyl groups excluding tert-OH is 1. The molecule has 2 heterocycles. The van der Waals surface area contributed by atoms with E-state index >= 15 is 0 Å². The second-order valence-electron chi connectivity index (χ2n) is 7.08. The fraction of sp³-hybridized carbons (Fsp3) is 0.125. The first kappa shape index (κ1) is 25.1. The molecule has 0 saturated heterocycles. The Balaban J connectivity index is 0.00000306. The van der Waals surface area contributed by atoms with Crippen LogP contribution in [0.1, 0.15) is 17.2 Å². The number of alkyl halides is 3. The number of benzene rings is 2. The number of nitrogens with one attached hydrogen (secondary N) is 1. The van der Waals surface area contributed by atoms with Gasteiger partial charge in [-0.3, -0.25) is 0 Å². The first-order valence-electron chi connectivity index (χ1n) is 9.63. The van der Waals surface area contributed by atoms with Crippen LogP contribution in [0.2, 0.25) is 5.02 Å². The summed E-state index contributed by atoms with van der Waals surface area (Å²) in [7, 11) is 0. The molecule has 4 rings (SSSR count). The second-order valence-corrected chi connectivity index (χ2v) is 8.43. The molecule has 0 bridgehead atoms. The van der Waals surface area contributed by atoms with E-state index < -0.39 is 12.3 Å². The van der Waals surface area contributed by atoms with Gasteiger partial charge in [-0.15, -0.1) is 11.3 Å². The average Bonchev–Trinajstić information content (AvgIpc) is 3.28. The molecule has 9 heteroatoms. The van der Waals surface area contributed by atoms with Crippen molar-refractivity contribution in [2.45, 2.75) is 18.9 Å². The van der Waals surface area contributed by atoms with E-state index in [9.17, 15) is 18.3 Å². The van der Waals surface area contributed by atoms with Gasteiger partial charge in [-0.1, -0.05) is 41.9 Å². The van der Waals surface area contributed by atoms with Crippen LogP contribution < -0.4 is 22.1 Å². The van der Waals surface area contributed by atoms with Crippen molar-refractivity contribution in [3.05, 3.63) is 94.6 Å². The van der Waals surface area contributed by atoms with Gasteiger partial charge >= 0.3 is 6.18 Å². The van der Waals surface area contributed by atoms with E-state index in [-0.39, 0.29) is 18.0 Å². The average molecular weight is 512 g/mol. The van der Waals surface area contributed by atoms with E-state index in [4.69, 9.17) is 16.3 Å². The highest BCUT2D eigenvalue weighted by atomic mass is 35.5. The third-order valence-corrected chi connectivity index (χ3v) is 6.03. The Morgan fingerprint density at radius 3 is 2.48 bits per heavy atom. The number of aromatic amines is 1. The molecule has 2 N–H and O–H groups in total. The van der Waals surface area contributed by atoms with E-state index in [0.29, 0.717) is 22.9 Å². The van der Waals surface area contributed by atoms with Gasteiger partial charge in [0, 0.05) is 21.0 Å². The van der Waals surface area contributed by atoms with Crippen LogP contribution in [0.15, 0.2) is 78.4 Å². The molecule has 0 aliphatic carbocycles. The Hall–Kier alpha value is -2.58. The van der Waals surface area contributed by atoms with Gasteiger partial charge in [-0.2, -0.15) is 13.2 Å². The van der Waals surface area contributed by atoms with Gasteiger partial charge in [0.25, 0.3) is 0 Å². The lowest BCUT2D eigenvalue weighted by Crippen LogP contribution is -3.00. The van der Waals surface area contributed by atoms with Crippen LogP contribution in [0.5, 0.6) is 5.75 Å². The molecule has 0 amide bonds. The zero-order valence-electron chi connectivity index (χ0n) is 16.9. The van der Waals surface area contributed by atoms with Gasteiger partial charge in [0.2, 0.25) is 0 Å². The normalized spacial score (nSPS) is 12.2. The van der Waals surface area contributed by atoms with Gasteiger partial charge in [-0.05, 0) is 41.3 Å². The number of aromatic nitrogens is 1. The molecular formula is C24H18Cl2F3NO2S. The van der Waals surface area contributed by atoms with E-state index in [0.717, 1.165) is 27.8 Å². The van der Waals surface area contributed by atoms with Crippen molar-refractivity contribution < 1.29 is 40.4 Å². The monoisotopic (exact) mass is 511 g/mol. The minimum atomic E-state index is -4.75. The molecule has 1 atom stereocenters. The maximum atomic E-state index is 13.0. The minimum Gasteiger partial charge on any atom is -1.00 e. The Morgan fingerprint density at radius 1 is 1.00 bits per heavy atom. The van der Waals surface area contributed by atoms with Crippen LogP contribution in [0.25, 0.3) is 21.6 Å². The van der Waals surface area contributed by atoms with Crippen molar-refractivity contribution >= 4 is 22.9 Å². The number of pyridine rings is 1. The number of H-pyrrole nitrogens is 1. The number of thiophene rings is 1. The predicted octanol–water partition coefficient (Wildman–Crippen LogP) is 3.73. The lowest BCUT2D eigenvalue weighted by molar-refractivity contribution is -0.379. The van der Waals surface area contributed by atoms with Crippen LogP contribution >= 0.6 is 22.9 Å². The Bertz CT molecular complexity index is 1220.